The molecule has 156 valence electrons. The number of pyridine rings is 1. The van der Waals surface area contributed by atoms with Crippen molar-refractivity contribution in [2.75, 3.05) is 19.6 Å². The van der Waals surface area contributed by atoms with Gasteiger partial charge in [0.1, 0.15) is 0 Å². The summed E-state index contributed by atoms with van der Waals surface area (Å²) in [5.41, 5.74) is 9.01. The second-order valence-corrected chi connectivity index (χ2v) is 9.07. The van der Waals surface area contributed by atoms with Gasteiger partial charge in [-0.3, -0.25) is 4.98 Å². The van der Waals surface area contributed by atoms with Crippen LogP contribution in [0.1, 0.15) is 30.5 Å². The Labute approximate surface area is 179 Å². The molecule has 2 aliphatic rings. The Hall–Kier alpha value is -2.27. The van der Waals surface area contributed by atoms with Gasteiger partial charge in [-0.1, -0.05) is 54.6 Å². The monoisotopic (exact) mass is 400 g/mol. The number of fused-ring (bicyclic) bond motifs is 1. The summed E-state index contributed by atoms with van der Waals surface area (Å²) in [6.45, 7) is 3.23. The molecule has 0 bridgehead atoms. The second-order valence-electron chi connectivity index (χ2n) is 9.07. The predicted molar refractivity (Wildman–Crippen MR) is 123 cm³/mol. The molecular formula is C26H32N4. The highest BCUT2D eigenvalue weighted by atomic mass is 15.6. The summed E-state index contributed by atoms with van der Waals surface area (Å²) in [5, 5.41) is 7.80. The summed E-state index contributed by atoms with van der Waals surface area (Å²) in [6.07, 6.45) is 7.68. The topological polar surface area (TPSA) is 45.4 Å². The molecule has 0 amide bonds. The lowest BCUT2D eigenvalue weighted by Gasteiger charge is -2.40. The molecule has 4 heteroatoms. The molecule has 3 atom stereocenters. The summed E-state index contributed by atoms with van der Waals surface area (Å²) in [7, 11) is 0. The van der Waals surface area contributed by atoms with Crippen molar-refractivity contribution < 1.29 is 0 Å². The van der Waals surface area contributed by atoms with E-state index in [1.807, 2.05) is 6.20 Å². The van der Waals surface area contributed by atoms with E-state index in [0.29, 0.717) is 18.0 Å². The molecule has 3 heterocycles. The van der Waals surface area contributed by atoms with E-state index in [0.717, 1.165) is 38.9 Å². The van der Waals surface area contributed by atoms with E-state index in [2.05, 4.69) is 70.7 Å². The molecule has 0 saturated carbocycles. The van der Waals surface area contributed by atoms with E-state index in [-0.39, 0.29) is 0 Å². The van der Waals surface area contributed by atoms with Crippen molar-refractivity contribution in [3.05, 3.63) is 78.1 Å². The van der Waals surface area contributed by atoms with Gasteiger partial charge >= 0.3 is 0 Å². The van der Waals surface area contributed by atoms with Crippen LogP contribution in [0, 0.1) is 5.92 Å². The summed E-state index contributed by atoms with van der Waals surface area (Å²) >= 11 is 0. The normalized spacial score (nSPS) is 25.7. The highest BCUT2D eigenvalue weighted by Gasteiger charge is 2.37. The quantitative estimate of drug-likeness (QED) is 0.702. The third kappa shape index (κ3) is 4.27. The Kier molecular flexibility index (Phi) is 5.80. The minimum atomic E-state index is 0.301. The van der Waals surface area contributed by atoms with Crippen LogP contribution in [0.4, 0.5) is 0 Å². The minimum absolute atomic E-state index is 0.301. The molecule has 2 fully saturated rings. The molecule has 0 radical (unpaired) electrons. The average molecular weight is 401 g/mol. The van der Waals surface area contributed by atoms with Crippen molar-refractivity contribution in [1.29, 1.82) is 0 Å². The van der Waals surface area contributed by atoms with Gasteiger partial charge in [-0.25, -0.2) is 10.0 Å². The Bertz CT molecular complexity index is 968. The van der Waals surface area contributed by atoms with E-state index in [1.165, 1.54) is 34.9 Å². The van der Waals surface area contributed by atoms with Crippen molar-refractivity contribution in [3.8, 4) is 0 Å². The largest absolute Gasteiger partial charge is 0.326 e. The van der Waals surface area contributed by atoms with Gasteiger partial charge in [0, 0.05) is 49.0 Å². The lowest BCUT2D eigenvalue weighted by atomic mass is 9.95. The molecule has 1 aromatic heterocycles. The van der Waals surface area contributed by atoms with Gasteiger partial charge in [0.2, 0.25) is 0 Å². The third-order valence-corrected chi connectivity index (χ3v) is 6.82. The summed E-state index contributed by atoms with van der Waals surface area (Å²) in [6, 6.07) is 22.5. The zero-order valence-corrected chi connectivity index (χ0v) is 17.7. The van der Waals surface area contributed by atoms with Crippen molar-refractivity contribution in [3.63, 3.8) is 0 Å². The zero-order valence-electron chi connectivity index (χ0n) is 17.7. The van der Waals surface area contributed by atoms with Crippen molar-refractivity contribution in [2.45, 2.75) is 44.2 Å². The Morgan fingerprint density at radius 3 is 2.63 bits per heavy atom. The van der Waals surface area contributed by atoms with E-state index >= 15 is 0 Å². The van der Waals surface area contributed by atoms with Crippen LogP contribution in [-0.4, -0.2) is 46.7 Å². The highest BCUT2D eigenvalue weighted by molar-refractivity contribution is 5.84. The highest BCUT2D eigenvalue weighted by Crippen LogP contribution is 2.32. The van der Waals surface area contributed by atoms with Crippen LogP contribution in [0.15, 0.2) is 66.9 Å². The number of piperidine rings is 1. The lowest BCUT2D eigenvalue weighted by molar-refractivity contribution is -0.0562. The fourth-order valence-corrected chi connectivity index (χ4v) is 5.40. The molecule has 2 aliphatic heterocycles. The maximum atomic E-state index is 6.33. The van der Waals surface area contributed by atoms with Crippen LogP contribution in [0.5, 0.6) is 0 Å². The van der Waals surface area contributed by atoms with Crippen LogP contribution in [0.2, 0.25) is 0 Å². The third-order valence-electron chi connectivity index (χ3n) is 6.82. The van der Waals surface area contributed by atoms with E-state index < -0.39 is 0 Å². The number of hydrogen-bond acceptors (Lipinski definition) is 4. The molecule has 5 rings (SSSR count). The Morgan fingerprint density at radius 2 is 1.77 bits per heavy atom. The standard InChI is InChI=1S/C26H32N4/c27-23-10-6-14-29(19-23)30-18-21(16-24(30)15-20-7-2-1-3-8-20)17-26-25-11-5-4-9-22(25)12-13-28-26/h1-5,7-9,11-13,21,23-24H,6,10,14-19,27H2/t21?,23-,24?/m0/s1. The van der Waals surface area contributed by atoms with Gasteiger partial charge in [0.05, 0.1) is 0 Å². The molecule has 0 spiro atoms. The van der Waals surface area contributed by atoms with Crippen LogP contribution in [0.3, 0.4) is 0 Å². The van der Waals surface area contributed by atoms with Gasteiger partial charge in [-0.05, 0) is 55.0 Å². The smallest absolute Gasteiger partial charge is 0.0485 e. The van der Waals surface area contributed by atoms with Crippen LogP contribution >= 0.6 is 0 Å². The molecule has 3 aromatic rings. The SMILES string of the molecule is N[C@H]1CCCN(N2CC(Cc3nccc4ccccc34)CC2Cc2ccccc2)C1. The van der Waals surface area contributed by atoms with E-state index in [1.54, 1.807) is 0 Å². The molecule has 2 N–H and O–H groups in total. The van der Waals surface area contributed by atoms with E-state index in [9.17, 15) is 0 Å². The summed E-state index contributed by atoms with van der Waals surface area (Å²) < 4.78 is 0. The first-order valence-corrected chi connectivity index (χ1v) is 11.4. The maximum absolute atomic E-state index is 6.33. The molecule has 2 aromatic carbocycles. The van der Waals surface area contributed by atoms with Gasteiger partial charge in [0.15, 0.2) is 0 Å². The van der Waals surface area contributed by atoms with Gasteiger partial charge in [0.25, 0.3) is 0 Å². The van der Waals surface area contributed by atoms with E-state index in [4.69, 9.17) is 10.7 Å². The maximum Gasteiger partial charge on any atom is 0.0485 e. The number of benzene rings is 2. The molecule has 30 heavy (non-hydrogen) atoms. The van der Waals surface area contributed by atoms with Gasteiger partial charge in [-0.15, -0.1) is 0 Å². The lowest BCUT2D eigenvalue weighted by Crippen LogP contribution is -2.53. The summed E-state index contributed by atoms with van der Waals surface area (Å²) in [4.78, 5) is 4.78. The first kappa shape index (κ1) is 19.7. The van der Waals surface area contributed by atoms with Gasteiger partial charge in [-0.2, -0.15) is 0 Å². The number of hydrogen-bond donors (Lipinski definition) is 1. The second kappa shape index (κ2) is 8.84. The molecule has 0 aliphatic carbocycles. The molecule has 2 saturated heterocycles. The van der Waals surface area contributed by atoms with Crippen molar-refractivity contribution in [1.82, 2.24) is 15.0 Å². The first-order chi connectivity index (χ1) is 14.8. The molecular weight excluding hydrogens is 368 g/mol. The number of nitrogens with two attached hydrogens (primary N) is 1. The zero-order chi connectivity index (χ0) is 20.3. The average Bonchev–Trinajstić information content (AvgIpc) is 3.17. The Balaban J connectivity index is 1.37. The number of aromatic nitrogens is 1. The fourth-order valence-electron chi connectivity index (χ4n) is 5.40. The predicted octanol–water partition coefficient (Wildman–Crippen LogP) is 4.05. The van der Waals surface area contributed by atoms with Crippen LogP contribution < -0.4 is 5.73 Å². The van der Waals surface area contributed by atoms with Crippen molar-refractivity contribution >= 4 is 10.8 Å². The van der Waals surface area contributed by atoms with Crippen LogP contribution in [-0.2, 0) is 12.8 Å². The Morgan fingerprint density at radius 1 is 0.933 bits per heavy atom. The summed E-state index contributed by atoms with van der Waals surface area (Å²) in [5.74, 6) is 0.621. The van der Waals surface area contributed by atoms with Gasteiger partial charge < -0.3 is 5.73 Å². The minimum Gasteiger partial charge on any atom is -0.326 e. The van der Waals surface area contributed by atoms with Crippen LogP contribution in [0.25, 0.3) is 10.8 Å². The fraction of sp³-hybridized carbons (Fsp3) is 0.423. The molecule has 2 unspecified atom stereocenters. The number of nitrogens with zero attached hydrogens (tertiary/aromatic N) is 3. The van der Waals surface area contributed by atoms with Crippen molar-refractivity contribution in [2.24, 2.45) is 11.7 Å². The number of rotatable bonds is 5. The molecule has 4 nitrogen and oxygen atoms in total. The number of hydrazine groups is 1. The first-order valence-electron chi connectivity index (χ1n) is 11.4.